The molecular weight excluding hydrogens is 316 g/mol. The molecule has 1 aliphatic heterocycles. The maximum Gasteiger partial charge on any atom is 0.326 e. The molecule has 1 atom stereocenters. The summed E-state index contributed by atoms with van der Waals surface area (Å²) in [5.74, 6) is 0.637. The van der Waals surface area contributed by atoms with Gasteiger partial charge in [-0.3, -0.25) is 4.90 Å². The summed E-state index contributed by atoms with van der Waals surface area (Å²) in [7, 11) is 1.57. The minimum atomic E-state index is -0.578. The van der Waals surface area contributed by atoms with Gasteiger partial charge in [0.2, 0.25) is 0 Å². The number of fused-ring (bicyclic) bond motifs is 1. The van der Waals surface area contributed by atoms with Gasteiger partial charge in [-0.05, 0) is 30.7 Å². The second kappa shape index (κ2) is 6.48. The number of benzene rings is 2. The summed E-state index contributed by atoms with van der Waals surface area (Å²) in [6, 6.07) is 12.0. The Morgan fingerprint density at radius 2 is 2.17 bits per heavy atom. The molecule has 1 aliphatic rings. The molecule has 0 saturated heterocycles. The first-order valence-corrected chi connectivity index (χ1v) is 7.66. The summed E-state index contributed by atoms with van der Waals surface area (Å²) < 4.78 is 5.22. The number of urea groups is 1. The summed E-state index contributed by atoms with van der Waals surface area (Å²) in [5, 5.41) is 13.5. The summed E-state index contributed by atoms with van der Waals surface area (Å²) in [6.45, 7) is 0.424. The molecule has 120 valence electrons. The molecule has 0 aliphatic carbocycles. The standard InChI is InChI=1S/C17H17ClN2O3/c1-23-13-5-6-14-15(10-13)20(8-7-16(14)21)17(22)19-12-4-2-3-11(18)9-12/h2-6,9-10,16,21H,7-8H2,1H3,(H,19,22). The molecule has 1 heterocycles. The second-order valence-electron chi connectivity index (χ2n) is 5.32. The van der Waals surface area contributed by atoms with Gasteiger partial charge in [-0.25, -0.2) is 4.79 Å². The number of rotatable bonds is 2. The van der Waals surface area contributed by atoms with Crippen LogP contribution in [0.2, 0.25) is 5.02 Å². The monoisotopic (exact) mass is 332 g/mol. The average molecular weight is 333 g/mol. The zero-order valence-electron chi connectivity index (χ0n) is 12.6. The fourth-order valence-corrected chi connectivity index (χ4v) is 2.85. The van der Waals surface area contributed by atoms with E-state index in [0.29, 0.717) is 35.1 Å². The molecule has 0 fully saturated rings. The van der Waals surface area contributed by atoms with Crippen molar-refractivity contribution < 1.29 is 14.6 Å². The van der Waals surface area contributed by atoms with Crippen LogP contribution in [0.1, 0.15) is 18.1 Å². The van der Waals surface area contributed by atoms with Crippen LogP contribution < -0.4 is 15.0 Å². The van der Waals surface area contributed by atoms with Gasteiger partial charge in [0.05, 0.1) is 18.9 Å². The molecule has 0 spiro atoms. The Balaban J connectivity index is 1.88. The maximum absolute atomic E-state index is 12.6. The smallest absolute Gasteiger partial charge is 0.326 e. The van der Waals surface area contributed by atoms with Crippen LogP contribution in [0.5, 0.6) is 5.75 Å². The molecule has 2 N–H and O–H groups in total. The van der Waals surface area contributed by atoms with E-state index in [1.54, 1.807) is 54.5 Å². The van der Waals surface area contributed by atoms with E-state index in [9.17, 15) is 9.90 Å². The molecule has 3 rings (SSSR count). The van der Waals surface area contributed by atoms with E-state index in [1.807, 2.05) is 0 Å². The molecule has 23 heavy (non-hydrogen) atoms. The lowest BCUT2D eigenvalue weighted by Gasteiger charge is -2.32. The van der Waals surface area contributed by atoms with Crippen LogP contribution in [-0.4, -0.2) is 24.8 Å². The lowest BCUT2D eigenvalue weighted by molar-refractivity contribution is 0.164. The third-order valence-electron chi connectivity index (χ3n) is 3.83. The zero-order chi connectivity index (χ0) is 16.4. The molecular formula is C17H17ClN2O3. The van der Waals surface area contributed by atoms with Gasteiger partial charge in [0.25, 0.3) is 0 Å². The number of aliphatic hydroxyl groups is 1. The lowest BCUT2D eigenvalue weighted by atomic mass is 9.99. The number of amides is 2. The SMILES string of the molecule is COc1ccc2c(c1)N(C(=O)Nc1cccc(Cl)c1)CCC2O. The molecule has 6 heteroatoms. The van der Waals surface area contributed by atoms with Crippen LogP contribution in [0.15, 0.2) is 42.5 Å². The van der Waals surface area contributed by atoms with Crippen LogP contribution in [0.4, 0.5) is 16.2 Å². The van der Waals surface area contributed by atoms with E-state index in [-0.39, 0.29) is 6.03 Å². The van der Waals surface area contributed by atoms with Gasteiger partial charge in [0.1, 0.15) is 5.75 Å². The molecule has 0 saturated carbocycles. The number of methoxy groups -OCH3 is 1. The Morgan fingerprint density at radius 3 is 2.91 bits per heavy atom. The van der Waals surface area contributed by atoms with Crippen LogP contribution >= 0.6 is 11.6 Å². The van der Waals surface area contributed by atoms with Crippen molar-refractivity contribution in [3.63, 3.8) is 0 Å². The first kappa shape index (κ1) is 15.6. The number of nitrogens with one attached hydrogen (secondary N) is 1. The Morgan fingerprint density at radius 1 is 1.35 bits per heavy atom. The van der Waals surface area contributed by atoms with Crippen molar-refractivity contribution in [1.29, 1.82) is 0 Å². The predicted octanol–water partition coefficient (Wildman–Crippen LogP) is 3.82. The van der Waals surface area contributed by atoms with Crippen LogP contribution in [0, 0.1) is 0 Å². The molecule has 2 aromatic carbocycles. The number of halogens is 1. The van der Waals surface area contributed by atoms with E-state index in [0.717, 1.165) is 5.56 Å². The van der Waals surface area contributed by atoms with Crippen molar-refractivity contribution in [3.8, 4) is 5.75 Å². The number of anilines is 2. The molecule has 0 aromatic heterocycles. The predicted molar refractivity (Wildman–Crippen MR) is 90.4 cm³/mol. The highest BCUT2D eigenvalue weighted by atomic mass is 35.5. The van der Waals surface area contributed by atoms with Gasteiger partial charge in [0, 0.05) is 28.9 Å². The van der Waals surface area contributed by atoms with Gasteiger partial charge >= 0.3 is 6.03 Å². The molecule has 1 unspecified atom stereocenters. The third kappa shape index (κ3) is 3.25. The van der Waals surface area contributed by atoms with E-state index in [1.165, 1.54) is 0 Å². The second-order valence-corrected chi connectivity index (χ2v) is 5.76. The number of ether oxygens (including phenoxy) is 1. The van der Waals surface area contributed by atoms with Crippen molar-refractivity contribution in [2.75, 3.05) is 23.9 Å². The van der Waals surface area contributed by atoms with Crippen LogP contribution in [-0.2, 0) is 0 Å². The topological polar surface area (TPSA) is 61.8 Å². The number of carbonyl (C=O) groups is 1. The van der Waals surface area contributed by atoms with Gasteiger partial charge in [0.15, 0.2) is 0 Å². The quantitative estimate of drug-likeness (QED) is 0.878. The van der Waals surface area contributed by atoms with Crippen LogP contribution in [0.25, 0.3) is 0 Å². The molecule has 2 amide bonds. The number of hydrogen-bond acceptors (Lipinski definition) is 3. The molecule has 0 bridgehead atoms. The van der Waals surface area contributed by atoms with Gasteiger partial charge < -0.3 is 15.2 Å². The Bertz CT molecular complexity index is 736. The average Bonchev–Trinajstić information content (AvgIpc) is 2.54. The minimum absolute atomic E-state index is 0.270. The Kier molecular flexibility index (Phi) is 4.41. The summed E-state index contributed by atoms with van der Waals surface area (Å²) in [6.07, 6.45) is -0.0893. The summed E-state index contributed by atoms with van der Waals surface area (Å²) in [5.41, 5.74) is 2.00. The Hall–Kier alpha value is -2.24. The van der Waals surface area contributed by atoms with Crippen molar-refractivity contribution in [1.82, 2.24) is 0 Å². The highest BCUT2D eigenvalue weighted by Gasteiger charge is 2.28. The van der Waals surface area contributed by atoms with Crippen LogP contribution in [0.3, 0.4) is 0 Å². The first-order valence-electron chi connectivity index (χ1n) is 7.28. The fourth-order valence-electron chi connectivity index (χ4n) is 2.66. The zero-order valence-corrected chi connectivity index (χ0v) is 13.4. The van der Waals surface area contributed by atoms with E-state index in [4.69, 9.17) is 16.3 Å². The highest BCUT2D eigenvalue weighted by Crippen LogP contribution is 2.36. The van der Waals surface area contributed by atoms with Gasteiger partial charge in [-0.1, -0.05) is 23.7 Å². The highest BCUT2D eigenvalue weighted by molar-refractivity contribution is 6.30. The largest absolute Gasteiger partial charge is 0.497 e. The number of nitrogens with zero attached hydrogens (tertiary/aromatic N) is 1. The third-order valence-corrected chi connectivity index (χ3v) is 4.07. The van der Waals surface area contributed by atoms with E-state index >= 15 is 0 Å². The first-order chi connectivity index (χ1) is 11.1. The van der Waals surface area contributed by atoms with Crippen molar-refractivity contribution >= 4 is 29.0 Å². The van der Waals surface area contributed by atoms with Gasteiger partial charge in [-0.2, -0.15) is 0 Å². The molecule has 0 radical (unpaired) electrons. The lowest BCUT2D eigenvalue weighted by Crippen LogP contribution is -2.39. The maximum atomic E-state index is 12.6. The molecule has 5 nitrogen and oxygen atoms in total. The van der Waals surface area contributed by atoms with Crippen molar-refractivity contribution in [2.45, 2.75) is 12.5 Å². The summed E-state index contributed by atoms with van der Waals surface area (Å²) in [4.78, 5) is 14.2. The van der Waals surface area contributed by atoms with E-state index in [2.05, 4.69) is 5.32 Å². The fraction of sp³-hybridized carbons (Fsp3) is 0.235. The Labute approximate surface area is 139 Å². The minimum Gasteiger partial charge on any atom is -0.497 e. The molecule has 2 aromatic rings. The van der Waals surface area contributed by atoms with Crippen molar-refractivity contribution in [3.05, 3.63) is 53.1 Å². The summed E-state index contributed by atoms with van der Waals surface area (Å²) >= 11 is 5.94. The van der Waals surface area contributed by atoms with Gasteiger partial charge in [-0.15, -0.1) is 0 Å². The normalized spacial score (nSPS) is 16.7. The van der Waals surface area contributed by atoms with E-state index < -0.39 is 6.10 Å². The van der Waals surface area contributed by atoms with Crippen molar-refractivity contribution in [2.24, 2.45) is 0 Å². The number of hydrogen-bond donors (Lipinski definition) is 2. The number of aliphatic hydroxyl groups excluding tert-OH is 1. The number of carbonyl (C=O) groups excluding carboxylic acids is 1.